The van der Waals surface area contributed by atoms with Gasteiger partial charge in [-0.1, -0.05) is 0 Å². The fourth-order valence-corrected chi connectivity index (χ4v) is 2.89. The number of ether oxygens (including phenoxy) is 1. The minimum absolute atomic E-state index is 0.129. The number of hydrogen-bond donors (Lipinski definition) is 0. The molecule has 25 heavy (non-hydrogen) atoms. The Morgan fingerprint density at radius 1 is 1.24 bits per heavy atom. The fraction of sp³-hybridized carbons (Fsp3) is 0.533. The Morgan fingerprint density at radius 2 is 1.92 bits per heavy atom. The van der Waals surface area contributed by atoms with E-state index in [0.29, 0.717) is 17.2 Å². The monoisotopic (exact) mass is 348 g/mol. The van der Waals surface area contributed by atoms with Crippen molar-refractivity contribution in [1.29, 1.82) is 0 Å². The number of nitrogens with zero attached hydrogens (tertiary/aromatic N) is 6. The molecule has 10 nitrogen and oxygen atoms in total. The predicted octanol–water partition coefficient (Wildman–Crippen LogP) is -0.246. The van der Waals surface area contributed by atoms with Crippen LogP contribution in [0.2, 0.25) is 0 Å². The van der Waals surface area contributed by atoms with Crippen LogP contribution in [-0.4, -0.2) is 43.5 Å². The van der Waals surface area contributed by atoms with E-state index in [1.165, 1.54) is 16.6 Å². The van der Waals surface area contributed by atoms with Gasteiger partial charge in [-0.3, -0.25) is 23.3 Å². The van der Waals surface area contributed by atoms with Crippen LogP contribution in [0.15, 0.2) is 14.7 Å². The molecular weight excluding hydrogens is 328 g/mol. The van der Waals surface area contributed by atoms with Gasteiger partial charge in [0.1, 0.15) is 6.54 Å². The van der Waals surface area contributed by atoms with E-state index in [-0.39, 0.29) is 24.8 Å². The van der Waals surface area contributed by atoms with Gasteiger partial charge in [0.25, 0.3) is 5.56 Å². The largest absolute Gasteiger partial charge is 0.465 e. The highest BCUT2D eigenvalue weighted by Crippen LogP contribution is 2.29. The van der Waals surface area contributed by atoms with Crippen molar-refractivity contribution in [3.8, 4) is 0 Å². The first-order chi connectivity index (χ1) is 11.8. The van der Waals surface area contributed by atoms with Gasteiger partial charge in [0, 0.05) is 14.1 Å². The number of imidazole rings is 1. The second-order valence-corrected chi connectivity index (χ2v) is 5.94. The maximum Gasteiger partial charge on any atom is 0.332 e. The Kier molecular flexibility index (Phi) is 3.97. The van der Waals surface area contributed by atoms with Crippen molar-refractivity contribution in [2.45, 2.75) is 26.8 Å². The van der Waals surface area contributed by atoms with Gasteiger partial charge in [0.15, 0.2) is 11.2 Å². The van der Waals surface area contributed by atoms with Crippen molar-refractivity contribution in [2.24, 2.45) is 19.2 Å². The molecule has 0 spiro atoms. The second kappa shape index (κ2) is 5.87. The molecule has 2 aromatic rings. The fourth-order valence-electron chi connectivity index (χ4n) is 2.89. The molecule has 0 amide bonds. The van der Waals surface area contributed by atoms with E-state index in [9.17, 15) is 14.4 Å². The third kappa shape index (κ3) is 2.44. The zero-order chi connectivity index (χ0) is 18.5. The van der Waals surface area contributed by atoms with E-state index in [4.69, 9.17) is 4.74 Å². The Bertz CT molecular complexity index is 1010. The van der Waals surface area contributed by atoms with Gasteiger partial charge in [-0.2, -0.15) is 10.1 Å². The van der Waals surface area contributed by atoms with Crippen LogP contribution in [0, 0.1) is 0 Å². The van der Waals surface area contributed by atoms with Gasteiger partial charge >= 0.3 is 11.7 Å². The molecule has 1 aliphatic heterocycles. The average Bonchev–Trinajstić information content (AvgIpc) is 2.97. The summed E-state index contributed by atoms with van der Waals surface area (Å²) in [6.07, 6.45) is 0. The predicted molar refractivity (Wildman–Crippen MR) is 92.0 cm³/mol. The Morgan fingerprint density at radius 3 is 2.56 bits per heavy atom. The number of hydrogen-bond acceptors (Lipinski definition) is 7. The first-order valence-electron chi connectivity index (χ1n) is 7.94. The zero-order valence-corrected chi connectivity index (χ0v) is 14.8. The van der Waals surface area contributed by atoms with Crippen molar-refractivity contribution in [1.82, 2.24) is 18.7 Å². The first-order valence-corrected chi connectivity index (χ1v) is 7.94. The maximum atomic E-state index is 12.7. The highest BCUT2D eigenvalue weighted by atomic mass is 16.5. The van der Waals surface area contributed by atoms with Crippen LogP contribution in [0.5, 0.6) is 0 Å². The number of aromatic nitrogens is 4. The van der Waals surface area contributed by atoms with Gasteiger partial charge in [0.2, 0.25) is 5.95 Å². The van der Waals surface area contributed by atoms with E-state index in [1.54, 1.807) is 18.5 Å². The van der Waals surface area contributed by atoms with E-state index >= 15 is 0 Å². The smallest absolute Gasteiger partial charge is 0.332 e. The number of rotatable bonds is 3. The zero-order valence-electron chi connectivity index (χ0n) is 14.8. The van der Waals surface area contributed by atoms with Crippen LogP contribution in [0.25, 0.3) is 11.2 Å². The lowest BCUT2D eigenvalue weighted by molar-refractivity contribution is -0.141. The average molecular weight is 348 g/mol. The molecule has 1 aliphatic rings. The van der Waals surface area contributed by atoms with Crippen LogP contribution >= 0.6 is 0 Å². The van der Waals surface area contributed by atoms with Crippen LogP contribution in [-0.2, 0) is 23.6 Å². The topological polar surface area (TPSA) is 104 Å². The van der Waals surface area contributed by atoms with Gasteiger partial charge in [-0.15, -0.1) is 0 Å². The molecule has 3 heterocycles. The molecule has 1 atom stereocenters. The molecule has 0 aliphatic carbocycles. The summed E-state index contributed by atoms with van der Waals surface area (Å²) in [5.41, 5.74) is 0.376. The minimum Gasteiger partial charge on any atom is -0.465 e. The standard InChI is InChI=1S/C15H20N6O4/c1-6-25-10(22)7-20-14-16-12-11(21(14)9(3)8(2)17-20)13(23)19(5)15(24)18(12)4/h9H,6-7H2,1-5H3. The summed E-state index contributed by atoms with van der Waals surface area (Å²) in [4.78, 5) is 41.1. The van der Waals surface area contributed by atoms with Gasteiger partial charge in [0.05, 0.1) is 18.4 Å². The number of anilines is 1. The normalized spacial score (nSPS) is 16.8. The summed E-state index contributed by atoms with van der Waals surface area (Å²) in [5, 5.41) is 5.80. The molecule has 0 saturated heterocycles. The molecular formula is C15H20N6O4. The Hall–Kier alpha value is -2.91. The highest BCUT2D eigenvalue weighted by Gasteiger charge is 2.31. The quantitative estimate of drug-likeness (QED) is 0.709. The molecule has 0 N–H and O–H groups in total. The SMILES string of the molecule is CCOC(=O)CN1N=C(C)C(C)n2c1nc1c2c(=O)n(C)c(=O)n1C. The van der Waals surface area contributed by atoms with E-state index in [1.807, 2.05) is 13.8 Å². The van der Waals surface area contributed by atoms with Gasteiger partial charge in [-0.25, -0.2) is 9.80 Å². The molecule has 1 unspecified atom stereocenters. The van der Waals surface area contributed by atoms with Crippen LogP contribution in [0.3, 0.4) is 0 Å². The van der Waals surface area contributed by atoms with E-state index < -0.39 is 17.2 Å². The molecule has 0 radical (unpaired) electrons. The van der Waals surface area contributed by atoms with E-state index in [2.05, 4.69) is 10.1 Å². The number of hydrazone groups is 1. The summed E-state index contributed by atoms with van der Waals surface area (Å²) in [5.74, 6) is -0.117. The summed E-state index contributed by atoms with van der Waals surface area (Å²) in [6, 6.07) is -0.233. The Labute approximate surface area is 142 Å². The van der Waals surface area contributed by atoms with Crippen molar-refractivity contribution in [3.05, 3.63) is 20.8 Å². The maximum absolute atomic E-state index is 12.7. The number of fused-ring (bicyclic) bond motifs is 3. The van der Waals surface area contributed by atoms with Gasteiger partial charge < -0.3 is 4.74 Å². The van der Waals surface area contributed by atoms with E-state index in [0.717, 1.165) is 4.57 Å². The van der Waals surface area contributed by atoms with Crippen molar-refractivity contribution in [3.63, 3.8) is 0 Å². The third-order valence-corrected chi connectivity index (χ3v) is 4.36. The lowest BCUT2D eigenvalue weighted by Gasteiger charge is -2.28. The molecule has 0 fully saturated rings. The highest BCUT2D eigenvalue weighted by molar-refractivity contribution is 5.92. The van der Waals surface area contributed by atoms with Crippen LogP contribution in [0.1, 0.15) is 26.8 Å². The number of aryl methyl sites for hydroxylation is 1. The van der Waals surface area contributed by atoms with Gasteiger partial charge in [-0.05, 0) is 20.8 Å². The minimum atomic E-state index is -0.463. The summed E-state index contributed by atoms with van der Waals surface area (Å²) < 4.78 is 9.04. The summed E-state index contributed by atoms with van der Waals surface area (Å²) >= 11 is 0. The van der Waals surface area contributed by atoms with Crippen LogP contribution in [0.4, 0.5) is 5.95 Å². The molecule has 134 valence electrons. The number of carbonyl (C=O) groups excluding carboxylic acids is 1. The first kappa shape index (κ1) is 16.9. The lowest BCUT2D eigenvalue weighted by atomic mass is 10.2. The molecule has 0 aromatic carbocycles. The van der Waals surface area contributed by atoms with Crippen molar-refractivity contribution in [2.75, 3.05) is 18.2 Å². The molecule has 10 heteroatoms. The summed E-state index contributed by atoms with van der Waals surface area (Å²) in [6.45, 7) is 5.55. The molecule has 0 saturated carbocycles. The molecule has 3 rings (SSSR count). The number of esters is 1. The molecule has 0 bridgehead atoms. The summed E-state index contributed by atoms with van der Waals surface area (Å²) in [7, 11) is 2.98. The lowest BCUT2D eigenvalue weighted by Crippen LogP contribution is -2.39. The second-order valence-electron chi connectivity index (χ2n) is 5.94. The van der Waals surface area contributed by atoms with Crippen molar-refractivity contribution >= 4 is 28.8 Å². The number of carbonyl (C=O) groups is 1. The third-order valence-electron chi connectivity index (χ3n) is 4.36. The van der Waals surface area contributed by atoms with Crippen molar-refractivity contribution < 1.29 is 9.53 Å². The van der Waals surface area contributed by atoms with Crippen LogP contribution < -0.4 is 16.3 Å². The molecule has 2 aromatic heterocycles. The Balaban J connectivity index is 2.28.